The van der Waals surface area contributed by atoms with E-state index in [0.717, 1.165) is 17.5 Å². The average Bonchev–Trinajstić information content (AvgIpc) is 2.75. The van der Waals surface area contributed by atoms with Crippen LogP contribution in [0.3, 0.4) is 0 Å². The van der Waals surface area contributed by atoms with Gasteiger partial charge in [-0.1, -0.05) is 48.9 Å². The van der Waals surface area contributed by atoms with Crippen molar-refractivity contribution >= 4 is 17.9 Å². The molecule has 2 rings (SSSR count). The fraction of sp³-hybridized carbons (Fsp3) is 0.308. The fourth-order valence-corrected chi connectivity index (χ4v) is 2.11. The lowest BCUT2D eigenvalue weighted by atomic mass is 10.1. The molecule has 0 saturated carbocycles. The zero-order valence-corrected chi connectivity index (χ0v) is 11.1. The minimum Gasteiger partial charge on any atom is -0.296 e. The van der Waals surface area contributed by atoms with Gasteiger partial charge in [-0.2, -0.15) is 0 Å². The van der Waals surface area contributed by atoms with Crippen molar-refractivity contribution in [2.45, 2.75) is 26.3 Å². The van der Waals surface area contributed by atoms with Gasteiger partial charge in [0.25, 0.3) is 0 Å². The van der Waals surface area contributed by atoms with Gasteiger partial charge >= 0.3 is 0 Å². The molecule has 0 saturated heterocycles. The Morgan fingerprint density at radius 2 is 2.11 bits per heavy atom. The summed E-state index contributed by atoms with van der Waals surface area (Å²) in [5, 5.41) is 8.60. The highest BCUT2D eigenvalue weighted by atomic mass is 35.5. The number of halogens is 1. The van der Waals surface area contributed by atoms with Crippen LogP contribution >= 0.6 is 11.6 Å². The Hall–Kier alpha value is -1.68. The summed E-state index contributed by atoms with van der Waals surface area (Å²) in [5.74, 6) is 0.183. The Kier molecular flexibility index (Phi) is 3.77. The number of aldehydes is 1. The number of nitrogens with zero attached hydrogens (tertiary/aromatic N) is 3. The summed E-state index contributed by atoms with van der Waals surface area (Å²) in [6.45, 7) is 4.54. The van der Waals surface area contributed by atoms with Crippen molar-refractivity contribution in [3.05, 3.63) is 46.2 Å². The third-order valence-electron chi connectivity index (χ3n) is 2.74. The molecule has 0 unspecified atom stereocenters. The summed E-state index contributed by atoms with van der Waals surface area (Å²) in [4.78, 5) is 10.9. The first-order valence-electron chi connectivity index (χ1n) is 5.75. The van der Waals surface area contributed by atoms with E-state index in [0.29, 0.717) is 17.3 Å². The van der Waals surface area contributed by atoms with Crippen molar-refractivity contribution in [1.29, 1.82) is 0 Å². The van der Waals surface area contributed by atoms with Crippen LogP contribution in [0.15, 0.2) is 24.3 Å². The maximum absolute atomic E-state index is 10.9. The Morgan fingerprint density at radius 3 is 2.72 bits per heavy atom. The highest BCUT2D eigenvalue weighted by molar-refractivity contribution is 6.31. The van der Waals surface area contributed by atoms with Crippen LogP contribution < -0.4 is 0 Å². The highest BCUT2D eigenvalue weighted by Crippen LogP contribution is 2.20. The van der Waals surface area contributed by atoms with Gasteiger partial charge in [0, 0.05) is 5.02 Å². The molecule has 18 heavy (non-hydrogen) atoms. The van der Waals surface area contributed by atoms with Crippen molar-refractivity contribution in [1.82, 2.24) is 15.0 Å². The summed E-state index contributed by atoms with van der Waals surface area (Å²) < 4.78 is 1.73. The molecule has 0 fully saturated rings. The molecule has 1 heterocycles. The highest BCUT2D eigenvalue weighted by Gasteiger charge is 2.16. The van der Waals surface area contributed by atoms with Crippen LogP contribution in [0.2, 0.25) is 5.02 Å². The van der Waals surface area contributed by atoms with Crippen LogP contribution in [0.4, 0.5) is 0 Å². The summed E-state index contributed by atoms with van der Waals surface area (Å²) in [7, 11) is 0. The van der Waals surface area contributed by atoms with Gasteiger partial charge in [-0.05, 0) is 17.5 Å². The number of hydrogen-bond donors (Lipinski definition) is 0. The quantitative estimate of drug-likeness (QED) is 0.797. The van der Waals surface area contributed by atoms with E-state index in [9.17, 15) is 4.79 Å². The molecule has 0 aliphatic heterocycles. The molecule has 1 aromatic carbocycles. The predicted molar refractivity (Wildman–Crippen MR) is 70.1 cm³/mol. The molecule has 0 amide bonds. The van der Waals surface area contributed by atoms with Gasteiger partial charge in [0.2, 0.25) is 0 Å². The van der Waals surface area contributed by atoms with Crippen molar-refractivity contribution in [3.63, 3.8) is 0 Å². The standard InChI is InChI=1S/C13H14ClN3O/c1-9(2)13-12(8-18)15-16-17(13)7-10-5-3-4-6-11(10)14/h3-6,8-9H,7H2,1-2H3. The van der Waals surface area contributed by atoms with Crippen molar-refractivity contribution in [2.24, 2.45) is 0 Å². The number of aromatic nitrogens is 3. The summed E-state index contributed by atoms with van der Waals surface area (Å²) in [5.41, 5.74) is 2.20. The SMILES string of the molecule is CC(C)c1c(C=O)nnn1Cc1ccccc1Cl. The predicted octanol–water partition coefficient (Wildman–Crippen LogP) is 2.92. The monoisotopic (exact) mass is 263 g/mol. The van der Waals surface area contributed by atoms with Crippen LogP contribution in [0, 0.1) is 0 Å². The molecule has 0 spiro atoms. The molecule has 0 aliphatic rings. The summed E-state index contributed by atoms with van der Waals surface area (Å²) in [6.07, 6.45) is 0.742. The molecule has 0 aliphatic carbocycles. The van der Waals surface area contributed by atoms with E-state index < -0.39 is 0 Å². The van der Waals surface area contributed by atoms with Gasteiger partial charge in [-0.25, -0.2) is 4.68 Å². The smallest absolute Gasteiger partial charge is 0.172 e. The summed E-state index contributed by atoms with van der Waals surface area (Å²) in [6, 6.07) is 7.58. The second kappa shape index (κ2) is 5.31. The van der Waals surface area contributed by atoms with Gasteiger partial charge < -0.3 is 0 Å². The Bertz CT molecular complexity index is 563. The van der Waals surface area contributed by atoms with Crippen LogP contribution in [0.5, 0.6) is 0 Å². The second-order valence-electron chi connectivity index (χ2n) is 4.38. The molecular weight excluding hydrogens is 250 g/mol. The zero-order valence-electron chi connectivity index (χ0n) is 10.3. The van der Waals surface area contributed by atoms with Crippen molar-refractivity contribution in [2.75, 3.05) is 0 Å². The number of rotatable bonds is 4. The van der Waals surface area contributed by atoms with Crippen LogP contribution in [-0.4, -0.2) is 21.3 Å². The molecule has 2 aromatic rings. The van der Waals surface area contributed by atoms with E-state index in [1.54, 1.807) is 4.68 Å². The van der Waals surface area contributed by atoms with E-state index >= 15 is 0 Å². The fourth-order valence-electron chi connectivity index (χ4n) is 1.92. The third-order valence-corrected chi connectivity index (χ3v) is 3.11. The lowest BCUT2D eigenvalue weighted by molar-refractivity contribution is 0.111. The molecule has 0 N–H and O–H groups in total. The van der Waals surface area contributed by atoms with E-state index in [1.807, 2.05) is 38.1 Å². The number of benzene rings is 1. The van der Waals surface area contributed by atoms with Gasteiger partial charge in [-0.3, -0.25) is 4.79 Å². The Morgan fingerprint density at radius 1 is 1.39 bits per heavy atom. The van der Waals surface area contributed by atoms with Crippen molar-refractivity contribution < 1.29 is 4.79 Å². The van der Waals surface area contributed by atoms with Gasteiger partial charge in [0.15, 0.2) is 6.29 Å². The Balaban J connectivity index is 2.38. The van der Waals surface area contributed by atoms with E-state index in [-0.39, 0.29) is 5.92 Å². The first-order chi connectivity index (χ1) is 8.63. The molecule has 1 aromatic heterocycles. The minimum atomic E-state index is 0.183. The topological polar surface area (TPSA) is 47.8 Å². The molecule has 5 heteroatoms. The first-order valence-corrected chi connectivity index (χ1v) is 6.13. The van der Waals surface area contributed by atoms with Crippen molar-refractivity contribution in [3.8, 4) is 0 Å². The molecule has 94 valence electrons. The maximum atomic E-state index is 10.9. The van der Waals surface area contributed by atoms with Gasteiger partial charge in [0.05, 0.1) is 12.2 Å². The van der Waals surface area contributed by atoms with E-state index in [1.165, 1.54) is 0 Å². The lowest BCUT2D eigenvalue weighted by Crippen LogP contribution is -2.09. The third kappa shape index (κ3) is 2.43. The average molecular weight is 264 g/mol. The van der Waals surface area contributed by atoms with E-state index in [2.05, 4.69) is 10.3 Å². The number of carbonyl (C=O) groups excluding carboxylic acids is 1. The van der Waals surface area contributed by atoms with Crippen LogP contribution in [-0.2, 0) is 6.54 Å². The van der Waals surface area contributed by atoms with E-state index in [4.69, 9.17) is 11.6 Å². The molecule has 0 radical (unpaired) electrons. The number of hydrogen-bond acceptors (Lipinski definition) is 3. The normalized spacial score (nSPS) is 10.9. The Labute approximate surface area is 111 Å². The molecule has 0 atom stereocenters. The minimum absolute atomic E-state index is 0.183. The zero-order chi connectivity index (χ0) is 13.1. The first kappa shape index (κ1) is 12.8. The van der Waals surface area contributed by atoms with Gasteiger partial charge in [0.1, 0.15) is 5.69 Å². The number of carbonyl (C=O) groups is 1. The lowest BCUT2D eigenvalue weighted by Gasteiger charge is -2.10. The molecule has 0 bridgehead atoms. The molecule has 4 nitrogen and oxygen atoms in total. The van der Waals surface area contributed by atoms with Crippen LogP contribution in [0.1, 0.15) is 41.5 Å². The summed E-state index contributed by atoms with van der Waals surface area (Å²) >= 11 is 6.12. The largest absolute Gasteiger partial charge is 0.296 e. The maximum Gasteiger partial charge on any atom is 0.172 e. The van der Waals surface area contributed by atoms with Crippen LogP contribution in [0.25, 0.3) is 0 Å². The van der Waals surface area contributed by atoms with Gasteiger partial charge in [-0.15, -0.1) is 5.10 Å². The second-order valence-corrected chi connectivity index (χ2v) is 4.79. The molecular formula is C13H14ClN3O.